The van der Waals surface area contributed by atoms with Gasteiger partial charge >= 0.3 is 0 Å². The van der Waals surface area contributed by atoms with Gasteiger partial charge in [0.1, 0.15) is 5.58 Å². The molecule has 0 saturated heterocycles. The number of hydrogen-bond donors (Lipinski definition) is 1. The summed E-state index contributed by atoms with van der Waals surface area (Å²) in [4.78, 5) is 13.8. The summed E-state index contributed by atoms with van der Waals surface area (Å²) in [5, 5.41) is 6.10. The first-order valence-electron chi connectivity index (χ1n) is 8.52. The summed E-state index contributed by atoms with van der Waals surface area (Å²) in [7, 11) is 0. The van der Waals surface area contributed by atoms with Crippen molar-refractivity contribution in [3.63, 3.8) is 0 Å². The summed E-state index contributed by atoms with van der Waals surface area (Å²) in [5.41, 5.74) is 5.96. The van der Waals surface area contributed by atoms with Gasteiger partial charge in [0.05, 0.1) is 12.7 Å². The second kappa shape index (κ2) is 6.81. The first kappa shape index (κ1) is 16.6. The monoisotopic (exact) mass is 361 g/mol. The molecule has 0 saturated carbocycles. The molecule has 0 aliphatic heterocycles. The maximum Gasteiger partial charge on any atom is 0.228 e. The van der Waals surface area contributed by atoms with Crippen molar-refractivity contribution in [2.24, 2.45) is 0 Å². The smallest absolute Gasteiger partial charge is 0.228 e. The number of carbonyl (C=O) groups is 1. The fourth-order valence-corrected chi connectivity index (χ4v) is 3.90. The van der Waals surface area contributed by atoms with E-state index in [1.54, 1.807) is 17.6 Å². The van der Waals surface area contributed by atoms with Gasteiger partial charge in [-0.3, -0.25) is 4.79 Å². The average molecular weight is 361 g/mol. The molecule has 0 atom stereocenters. The molecule has 0 aliphatic carbocycles. The number of hydrogen-bond acceptors (Lipinski definition) is 3. The zero-order valence-electron chi connectivity index (χ0n) is 14.7. The van der Waals surface area contributed by atoms with Crippen LogP contribution in [-0.4, -0.2) is 5.91 Å². The number of thiophene rings is 1. The summed E-state index contributed by atoms with van der Waals surface area (Å²) in [6.07, 6.45) is 1.98. The number of nitrogens with one attached hydrogen (secondary N) is 1. The Bertz CT molecular complexity index is 1080. The van der Waals surface area contributed by atoms with Crippen molar-refractivity contribution in [2.45, 2.75) is 20.3 Å². The molecule has 2 aromatic carbocycles. The van der Waals surface area contributed by atoms with Crippen molar-refractivity contribution in [3.8, 4) is 10.4 Å². The molecule has 0 bridgehead atoms. The molecule has 0 fully saturated rings. The Morgan fingerprint density at radius 1 is 1.08 bits per heavy atom. The highest BCUT2D eigenvalue weighted by Gasteiger charge is 2.14. The molecule has 1 amide bonds. The third kappa shape index (κ3) is 3.04. The Hall–Kier alpha value is -2.85. The number of anilines is 1. The van der Waals surface area contributed by atoms with Crippen molar-refractivity contribution in [1.29, 1.82) is 0 Å². The Morgan fingerprint density at radius 3 is 2.73 bits per heavy atom. The van der Waals surface area contributed by atoms with Crippen LogP contribution in [0.4, 0.5) is 5.69 Å². The van der Waals surface area contributed by atoms with Crippen LogP contribution >= 0.6 is 11.3 Å². The molecule has 26 heavy (non-hydrogen) atoms. The third-order valence-corrected chi connectivity index (χ3v) is 5.58. The van der Waals surface area contributed by atoms with Crippen LogP contribution in [-0.2, 0) is 11.2 Å². The molecule has 0 aliphatic rings. The lowest BCUT2D eigenvalue weighted by Gasteiger charge is -2.09. The van der Waals surface area contributed by atoms with Gasteiger partial charge in [0.15, 0.2) is 0 Å². The fraction of sp³-hybridized carbons (Fsp3) is 0.136. The Morgan fingerprint density at radius 2 is 1.92 bits per heavy atom. The van der Waals surface area contributed by atoms with Crippen LogP contribution in [0, 0.1) is 13.8 Å². The summed E-state index contributed by atoms with van der Waals surface area (Å²) in [5.74, 6) is -0.0464. The minimum absolute atomic E-state index is 0.0464. The van der Waals surface area contributed by atoms with E-state index in [2.05, 4.69) is 24.4 Å². The van der Waals surface area contributed by atoms with Crippen molar-refractivity contribution < 1.29 is 9.21 Å². The van der Waals surface area contributed by atoms with Gasteiger partial charge < -0.3 is 9.73 Å². The summed E-state index contributed by atoms with van der Waals surface area (Å²) >= 11 is 1.66. The standard InChI is InChI=1S/C22H19NO2S/c1-14-9-10-17-16(13-25-22(17)15(14)2)12-21(24)23-19-7-4-3-6-18(19)20-8-5-11-26-20/h3-11,13H,12H2,1-2H3,(H,23,24). The Labute approximate surface area is 156 Å². The third-order valence-electron chi connectivity index (χ3n) is 4.68. The lowest BCUT2D eigenvalue weighted by atomic mass is 10.0. The van der Waals surface area contributed by atoms with Crippen LogP contribution in [0.2, 0.25) is 0 Å². The van der Waals surface area contributed by atoms with E-state index in [1.165, 1.54) is 5.56 Å². The maximum atomic E-state index is 12.6. The number of benzene rings is 2. The molecule has 0 spiro atoms. The molecule has 4 heteroatoms. The summed E-state index contributed by atoms with van der Waals surface area (Å²) in [6.45, 7) is 4.10. The first-order chi connectivity index (χ1) is 12.6. The van der Waals surface area contributed by atoms with E-state index in [4.69, 9.17) is 4.42 Å². The van der Waals surface area contributed by atoms with Gasteiger partial charge in [-0.05, 0) is 42.5 Å². The number of rotatable bonds is 4. The van der Waals surface area contributed by atoms with E-state index in [0.29, 0.717) is 0 Å². The molecule has 0 radical (unpaired) electrons. The van der Waals surface area contributed by atoms with Gasteiger partial charge in [-0.15, -0.1) is 11.3 Å². The zero-order chi connectivity index (χ0) is 18.1. The molecule has 0 unspecified atom stereocenters. The summed E-state index contributed by atoms with van der Waals surface area (Å²) < 4.78 is 5.72. The van der Waals surface area contributed by atoms with E-state index >= 15 is 0 Å². The quantitative estimate of drug-likeness (QED) is 0.487. The van der Waals surface area contributed by atoms with Crippen LogP contribution in [0.3, 0.4) is 0 Å². The molecule has 3 nitrogen and oxygen atoms in total. The second-order valence-corrected chi connectivity index (χ2v) is 7.34. The van der Waals surface area contributed by atoms with E-state index in [0.717, 1.165) is 38.2 Å². The predicted molar refractivity (Wildman–Crippen MR) is 108 cm³/mol. The zero-order valence-corrected chi connectivity index (χ0v) is 15.5. The normalized spacial score (nSPS) is 11.0. The van der Waals surface area contributed by atoms with Crippen molar-refractivity contribution in [3.05, 3.63) is 76.9 Å². The Kier molecular flexibility index (Phi) is 4.35. The van der Waals surface area contributed by atoms with E-state index in [-0.39, 0.29) is 12.3 Å². The van der Waals surface area contributed by atoms with Crippen LogP contribution in [0.25, 0.3) is 21.4 Å². The molecule has 2 aromatic heterocycles. The molecule has 4 aromatic rings. The van der Waals surface area contributed by atoms with Gasteiger partial charge in [0.25, 0.3) is 0 Å². The lowest BCUT2D eigenvalue weighted by Crippen LogP contribution is -2.14. The number of furan rings is 1. The average Bonchev–Trinajstić information content (AvgIpc) is 3.29. The van der Waals surface area contributed by atoms with E-state index in [1.807, 2.05) is 48.7 Å². The molecule has 1 N–H and O–H groups in total. The molecular weight excluding hydrogens is 342 g/mol. The van der Waals surface area contributed by atoms with Crippen LogP contribution in [0.15, 0.2) is 64.6 Å². The highest BCUT2D eigenvalue weighted by atomic mass is 32.1. The van der Waals surface area contributed by atoms with Crippen LogP contribution < -0.4 is 5.32 Å². The second-order valence-electron chi connectivity index (χ2n) is 6.39. The SMILES string of the molecule is Cc1ccc2c(CC(=O)Nc3ccccc3-c3cccs3)coc2c1C. The van der Waals surface area contributed by atoms with Crippen LogP contribution in [0.1, 0.15) is 16.7 Å². The summed E-state index contributed by atoms with van der Waals surface area (Å²) in [6, 6.07) is 16.1. The van der Waals surface area contributed by atoms with Crippen molar-refractivity contribution in [2.75, 3.05) is 5.32 Å². The topological polar surface area (TPSA) is 42.2 Å². The van der Waals surface area contributed by atoms with Gasteiger partial charge in [-0.2, -0.15) is 0 Å². The largest absolute Gasteiger partial charge is 0.464 e. The number of amides is 1. The number of aryl methyl sites for hydroxylation is 2. The number of fused-ring (bicyclic) bond motifs is 1. The highest BCUT2D eigenvalue weighted by molar-refractivity contribution is 7.13. The lowest BCUT2D eigenvalue weighted by molar-refractivity contribution is -0.115. The Balaban J connectivity index is 1.59. The molecular formula is C22H19NO2S. The minimum Gasteiger partial charge on any atom is -0.464 e. The van der Waals surface area contributed by atoms with Crippen molar-refractivity contribution >= 4 is 33.9 Å². The van der Waals surface area contributed by atoms with Crippen molar-refractivity contribution in [1.82, 2.24) is 0 Å². The maximum absolute atomic E-state index is 12.6. The first-order valence-corrected chi connectivity index (χ1v) is 9.40. The number of carbonyl (C=O) groups excluding carboxylic acids is 1. The highest BCUT2D eigenvalue weighted by Crippen LogP contribution is 2.32. The van der Waals surface area contributed by atoms with Gasteiger partial charge in [0, 0.05) is 27.1 Å². The van der Waals surface area contributed by atoms with Gasteiger partial charge in [0.2, 0.25) is 5.91 Å². The van der Waals surface area contributed by atoms with Gasteiger partial charge in [-0.25, -0.2) is 0 Å². The van der Waals surface area contributed by atoms with E-state index in [9.17, 15) is 4.79 Å². The minimum atomic E-state index is -0.0464. The van der Waals surface area contributed by atoms with Gasteiger partial charge in [-0.1, -0.05) is 36.4 Å². The predicted octanol–water partition coefficient (Wildman–Crippen LogP) is 5.96. The van der Waals surface area contributed by atoms with Crippen LogP contribution in [0.5, 0.6) is 0 Å². The molecule has 2 heterocycles. The fourth-order valence-electron chi connectivity index (χ4n) is 3.13. The molecule has 130 valence electrons. The van der Waals surface area contributed by atoms with E-state index < -0.39 is 0 Å². The molecule has 4 rings (SSSR count). The number of para-hydroxylation sites is 1.